The fraction of sp³-hybridized carbons (Fsp3) is 0.562. The molecule has 3 rings (SSSR count). The third-order valence-corrected chi connectivity index (χ3v) is 4.84. The lowest BCUT2D eigenvalue weighted by Crippen LogP contribution is -2.56. The maximum atomic E-state index is 12.5. The number of piperidine rings is 1. The van der Waals surface area contributed by atoms with Crippen LogP contribution in [0.3, 0.4) is 0 Å². The Kier molecular flexibility index (Phi) is 4.22. The number of carbonyl (C=O) groups is 1. The number of ether oxygens (including phenoxy) is 1. The van der Waals surface area contributed by atoms with Gasteiger partial charge in [0.1, 0.15) is 5.75 Å². The molecular formula is C16H21BrN2O2. The first-order chi connectivity index (χ1) is 10.1. The minimum absolute atomic E-state index is 0.0777. The summed E-state index contributed by atoms with van der Waals surface area (Å²) in [6.45, 7) is 4.15. The average molecular weight is 353 g/mol. The zero-order chi connectivity index (χ0) is 14.9. The van der Waals surface area contributed by atoms with Gasteiger partial charge in [-0.25, -0.2) is 0 Å². The predicted octanol–water partition coefficient (Wildman–Crippen LogP) is 2.53. The zero-order valence-electron chi connectivity index (χ0n) is 12.3. The minimum atomic E-state index is -0.436. The van der Waals surface area contributed by atoms with E-state index in [0.717, 1.165) is 54.6 Å². The zero-order valence-corrected chi connectivity index (χ0v) is 13.9. The third-order valence-electron chi connectivity index (χ3n) is 4.38. The highest BCUT2D eigenvalue weighted by Gasteiger charge is 2.34. The van der Waals surface area contributed by atoms with Crippen LogP contribution in [0, 0.1) is 0 Å². The standard InChI is InChI=1S/C16H21BrN2O2/c1-16(5-2-3-6-19-16)15(20)18-10-12-9-13(17)8-11-4-7-21-14(11)12/h8-9,19H,2-7,10H2,1H3,(H,18,20). The van der Waals surface area contributed by atoms with Crippen molar-refractivity contribution in [1.29, 1.82) is 0 Å². The van der Waals surface area contributed by atoms with Crippen LogP contribution in [0.25, 0.3) is 0 Å². The summed E-state index contributed by atoms with van der Waals surface area (Å²) in [5.74, 6) is 1.02. The van der Waals surface area contributed by atoms with Gasteiger partial charge in [-0.15, -0.1) is 0 Å². The molecule has 21 heavy (non-hydrogen) atoms. The summed E-state index contributed by atoms with van der Waals surface area (Å²) in [6.07, 6.45) is 4.09. The molecule has 1 atom stereocenters. The van der Waals surface area contributed by atoms with Gasteiger partial charge in [-0.3, -0.25) is 4.79 Å². The van der Waals surface area contributed by atoms with E-state index in [1.807, 2.05) is 13.0 Å². The van der Waals surface area contributed by atoms with E-state index in [4.69, 9.17) is 4.74 Å². The second-order valence-corrected chi connectivity index (χ2v) is 6.97. The largest absolute Gasteiger partial charge is 0.493 e. The summed E-state index contributed by atoms with van der Waals surface area (Å²) in [5.41, 5.74) is 1.83. The number of hydrogen-bond acceptors (Lipinski definition) is 3. The molecule has 1 unspecified atom stereocenters. The van der Waals surface area contributed by atoms with Crippen LogP contribution in [0.1, 0.15) is 37.3 Å². The van der Waals surface area contributed by atoms with E-state index in [1.54, 1.807) is 0 Å². The monoisotopic (exact) mass is 352 g/mol. The van der Waals surface area contributed by atoms with Crippen molar-refractivity contribution in [2.75, 3.05) is 13.2 Å². The summed E-state index contributed by atoms with van der Waals surface area (Å²) in [6, 6.07) is 4.12. The smallest absolute Gasteiger partial charge is 0.240 e. The molecule has 1 aromatic rings. The molecule has 1 fully saturated rings. The molecule has 0 bridgehead atoms. The van der Waals surface area contributed by atoms with E-state index in [2.05, 4.69) is 32.6 Å². The molecule has 114 valence electrons. The van der Waals surface area contributed by atoms with E-state index in [9.17, 15) is 4.79 Å². The Morgan fingerprint density at radius 2 is 2.33 bits per heavy atom. The maximum Gasteiger partial charge on any atom is 0.240 e. The Morgan fingerprint density at radius 3 is 3.10 bits per heavy atom. The number of hydrogen-bond donors (Lipinski definition) is 2. The summed E-state index contributed by atoms with van der Waals surface area (Å²) in [7, 11) is 0. The first-order valence-electron chi connectivity index (χ1n) is 7.56. The minimum Gasteiger partial charge on any atom is -0.493 e. The molecule has 4 nitrogen and oxygen atoms in total. The number of carbonyl (C=O) groups excluding carboxylic acids is 1. The Bertz CT molecular complexity index is 553. The van der Waals surface area contributed by atoms with Gasteiger partial charge >= 0.3 is 0 Å². The number of nitrogens with one attached hydrogen (secondary N) is 2. The van der Waals surface area contributed by atoms with Gasteiger partial charge in [0.25, 0.3) is 0 Å². The van der Waals surface area contributed by atoms with E-state index in [1.165, 1.54) is 5.56 Å². The van der Waals surface area contributed by atoms with Crippen molar-refractivity contribution in [2.45, 2.75) is 44.7 Å². The number of amides is 1. The van der Waals surface area contributed by atoms with Gasteiger partial charge in [0, 0.05) is 23.0 Å². The second-order valence-electron chi connectivity index (χ2n) is 6.05. The number of fused-ring (bicyclic) bond motifs is 1. The average Bonchev–Trinajstić information content (AvgIpc) is 2.93. The summed E-state index contributed by atoms with van der Waals surface area (Å²) in [4.78, 5) is 12.5. The predicted molar refractivity (Wildman–Crippen MR) is 85.4 cm³/mol. The molecule has 2 aliphatic rings. The molecule has 0 radical (unpaired) electrons. The highest BCUT2D eigenvalue weighted by atomic mass is 79.9. The molecule has 0 saturated carbocycles. The Morgan fingerprint density at radius 1 is 1.48 bits per heavy atom. The van der Waals surface area contributed by atoms with Crippen LogP contribution in [-0.4, -0.2) is 24.6 Å². The highest BCUT2D eigenvalue weighted by Crippen LogP contribution is 2.33. The van der Waals surface area contributed by atoms with Gasteiger partial charge in [-0.2, -0.15) is 0 Å². The van der Waals surface area contributed by atoms with Crippen LogP contribution in [-0.2, 0) is 17.8 Å². The van der Waals surface area contributed by atoms with Crippen molar-refractivity contribution in [3.05, 3.63) is 27.7 Å². The topological polar surface area (TPSA) is 50.4 Å². The molecule has 0 aromatic heterocycles. The molecule has 1 saturated heterocycles. The van der Waals surface area contributed by atoms with Crippen LogP contribution >= 0.6 is 15.9 Å². The summed E-state index contributed by atoms with van der Waals surface area (Å²) in [5, 5.41) is 6.41. The van der Waals surface area contributed by atoms with Crippen molar-refractivity contribution in [2.24, 2.45) is 0 Å². The number of rotatable bonds is 3. The third kappa shape index (κ3) is 3.09. The first kappa shape index (κ1) is 14.9. The molecular weight excluding hydrogens is 332 g/mol. The molecule has 1 amide bonds. The van der Waals surface area contributed by atoms with E-state index in [-0.39, 0.29) is 5.91 Å². The normalized spacial score (nSPS) is 24.3. The molecule has 0 aliphatic carbocycles. The maximum absolute atomic E-state index is 12.5. The van der Waals surface area contributed by atoms with Crippen LogP contribution in [0.15, 0.2) is 16.6 Å². The number of halogens is 1. The van der Waals surface area contributed by atoms with Crippen LogP contribution in [0.2, 0.25) is 0 Å². The van der Waals surface area contributed by atoms with Crippen molar-refractivity contribution in [1.82, 2.24) is 10.6 Å². The molecule has 2 heterocycles. The molecule has 2 aliphatic heterocycles. The lowest BCUT2D eigenvalue weighted by atomic mass is 9.90. The van der Waals surface area contributed by atoms with E-state index in [0.29, 0.717) is 6.54 Å². The molecule has 5 heteroatoms. The quantitative estimate of drug-likeness (QED) is 0.878. The molecule has 1 aromatic carbocycles. The van der Waals surface area contributed by atoms with Crippen molar-refractivity contribution >= 4 is 21.8 Å². The van der Waals surface area contributed by atoms with E-state index < -0.39 is 5.54 Å². The first-order valence-corrected chi connectivity index (χ1v) is 8.35. The van der Waals surface area contributed by atoms with Gasteiger partial charge in [0.05, 0.1) is 12.1 Å². The SMILES string of the molecule is CC1(C(=O)NCc2cc(Br)cc3c2OCC3)CCCCN1. The van der Waals surface area contributed by atoms with Crippen molar-refractivity contribution in [3.63, 3.8) is 0 Å². The van der Waals surface area contributed by atoms with Gasteiger partial charge < -0.3 is 15.4 Å². The summed E-state index contributed by atoms with van der Waals surface area (Å²) < 4.78 is 6.74. The summed E-state index contributed by atoms with van der Waals surface area (Å²) >= 11 is 3.53. The second kappa shape index (κ2) is 5.97. The lowest BCUT2D eigenvalue weighted by Gasteiger charge is -2.33. The lowest BCUT2D eigenvalue weighted by molar-refractivity contribution is -0.128. The Hall–Kier alpha value is -1.07. The molecule has 2 N–H and O–H groups in total. The van der Waals surface area contributed by atoms with Gasteiger partial charge in [0.2, 0.25) is 5.91 Å². The fourth-order valence-corrected chi connectivity index (χ4v) is 3.65. The van der Waals surface area contributed by atoms with Gasteiger partial charge in [-0.05, 0) is 50.4 Å². The highest BCUT2D eigenvalue weighted by molar-refractivity contribution is 9.10. The number of benzene rings is 1. The molecule has 0 spiro atoms. The van der Waals surface area contributed by atoms with Crippen molar-refractivity contribution in [3.8, 4) is 5.75 Å². The Balaban J connectivity index is 1.69. The van der Waals surface area contributed by atoms with Gasteiger partial charge in [0.15, 0.2) is 0 Å². The fourth-order valence-electron chi connectivity index (χ4n) is 3.10. The van der Waals surface area contributed by atoms with Crippen molar-refractivity contribution < 1.29 is 9.53 Å². The van der Waals surface area contributed by atoms with E-state index >= 15 is 0 Å². The van der Waals surface area contributed by atoms with Crippen LogP contribution in [0.5, 0.6) is 5.75 Å². The van der Waals surface area contributed by atoms with Crippen LogP contribution in [0.4, 0.5) is 0 Å². The van der Waals surface area contributed by atoms with Crippen LogP contribution < -0.4 is 15.4 Å². The Labute approximate surface area is 133 Å². The van der Waals surface area contributed by atoms with Gasteiger partial charge in [-0.1, -0.05) is 15.9 Å².